The van der Waals surface area contributed by atoms with Crippen molar-refractivity contribution in [2.24, 2.45) is 5.73 Å². The summed E-state index contributed by atoms with van der Waals surface area (Å²) in [5, 5.41) is 2.01. The van der Waals surface area contributed by atoms with Gasteiger partial charge in [0.25, 0.3) is 5.56 Å². The third kappa shape index (κ3) is 1.99. The molecule has 0 bridgehead atoms. The fourth-order valence-electron chi connectivity index (χ4n) is 1.75. The number of aromatic amines is 1. The van der Waals surface area contributed by atoms with Crippen LogP contribution < -0.4 is 11.3 Å². The lowest BCUT2D eigenvalue weighted by Gasteiger charge is -2.03. The molecule has 0 aliphatic rings. The minimum Gasteiger partial charge on any atom is -0.330 e. The van der Waals surface area contributed by atoms with Crippen LogP contribution in [0, 0.1) is 6.92 Å². The number of nitrogens with zero attached hydrogens (tertiary/aromatic N) is 2. The molecule has 2 heterocycles. The Morgan fingerprint density at radius 2 is 2.17 bits per heavy atom. The SMILES string of the molecule is Cc1nc2cc(C(F)(F)F)[nH]n2c(=O)c1CCN. The van der Waals surface area contributed by atoms with Gasteiger partial charge in [0.05, 0.1) is 0 Å². The number of rotatable bonds is 2. The molecule has 0 saturated heterocycles. The Labute approximate surface area is 99.4 Å². The molecular formula is C10H11F3N4O. The number of halogens is 3. The van der Waals surface area contributed by atoms with E-state index in [-0.39, 0.29) is 18.6 Å². The first-order valence-electron chi connectivity index (χ1n) is 5.23. The number of alkyl halides is 3. The summed E-state index contributed by atoms with van der Waals surface area (Å²) < 4.78 is 38.3. The molecule has 2 aromatic rings. The largest absolute Gasteiger partial charge is 0.432 e. The average molecular weight is 260 g/mol. The lowest BCUT2D eigenvalue weighted by Crippen LogP contribution is -2.24. The average Bonchev–Trinajstić information content (AvgIpc) is 2.67. The molecule has 0 aliphatic heterocycles. The highest BCUT2D eigenvalue weighted by atomic mass is 19.4. The van der Waals surface area contributed by atoms with E-state index >= 15 is 0 Å². The van der Waals surface area contributed by atoms with E-state index in [0.717, 1.165) is 10.6 Å². The van der Waals surface area contributed by atoms with Gasteiger partial charge in [-0.15, -0.1) is 0 Å². The van der Waals surface area contributed by atoms with Crippen molar-refractivity contribution in [3.63, 3.8) is 0 Å². The van der Waals surface area contributed by atoms with Gasteiger partial charge < -0.3 is 5.73 Å². The van der Waals surface area contributed by atoms with Crippen LogP contribution in [0.3, 0.4) is 0 Å². The topological polar surface area (TPSA) is 76.2 Å². The van der Waals surface area contributed by atoms with Crippen LogP contribution >= 0.6 is 0 Å². The van der Waals surface area contributed by atoms with Crippen LogP contribution in [0.5, 0.6) is 0 Å². The van der Waals surface area contributed by atoms with Gasteiger partial charge in [-0.1, -0.05) is 0 Å². The second-order valence-corrected chi connectivity index (χ2v) is 3.88. The third-order valence-corrected chi connectivity index (χ3v) is 2.61. The summed E-state index contributed by atoms with van der Waals surface area (Å²) in [4.78, 5) is 15.9. The molecule has 8 heteroatoms. The van der Waals surface area contributed by atoms with Crippen molar-refractivity contribution in [2.75, 3.05) is 6.54 Å². The molecule has 0 radical (unpaired) electrons. The number of fused-ring (bicyclic) bond motifs is 1. The van der Waals surface area contributed by atoms with Gasteiger partial charge in [-0.3, -0.25) is 9.89 Å². The van der Waals surface area contributed by atoms with Gasteiger partial charge in [-0.05, 0) is 19.9 Å². The van der Waals surface area contributed by atoms with E-state index < -0.39 is 17.4 Å². The highest BCUT2D eigenvalue weighted by Crippen LogP contribution is 2.28. The number of nitrogens with one attached hydrogen (secondary N) is 1. The zero-order valence-corrected chi connectivity index (χ0v) is 9.51. The molecule has 0 aliphatic carbocycles. The molecule has 3 N–H and O–H groups in total. The number of aromatic nitrogens is 3. The Morgan fingerprint density at radius 3 is 2.72 bits per heavy atom. The maximum atomic E-state index is 12.5. The molecule has 0 fully saturated rings. The predicted octanol–water partition coefficient (Wildman–Crippen LogP) is 0.851. The second kappa shape index (κ2) is 4.13. The molecule has 18 heavy (non-hydrogen) atoms. The summed E-state index contributed by atoms with van der Waals surface area (Å²) in [6, 6.07) is 0.806. The van der Waals surface area contributed by atoms with Crippen molar-refractivity contribution < 1.29 is 13.2 Å². The van der Waals surface area contributed by atoms with E-state index in [1.54, 1.807) is 6.92 Å². The summed E-state index contributed by atoms with van der Waals surface area (Å²) in [7, 11) is 0. The standard InChI is InChI=1S/C10H11F3N4O/c1-5-6(2-3-14)9(18)17-8(15-5)4-7(16-17)10(11,12)13/h4,16H,2-3,14H2,1H3. The molecule has 0 aromatic carbocycles. The normalized spacial score (nSPS) is 12.3. The highest BCUT2D eigenvalue weighted by molar-refractivity contribution is 5.42. The molecule has 0 atom stereocenters. The van der Waals surface area contributed by atoms with Crippen LogP contribution in [0.2, 0.25) is 0 Å². The molecule has 5 nitrogen and oxygen atoms in total. The molecule has 2 aromatic heterocycles. The van der Waals surface area contributed by atoms with E-state index in [4.69, 9.17) is 5.73 Å². The summed E-state index contributed by atoms with van der Waals surface area (Å²) in [6.07, 6.45) is -4.26. The quantitative estimate of drug-likeness (QED) is 0.840. The molecule has 0 amide bonds. The van der Waals surface area contributed by atoms with Crippen LogP contribution in [0.4, 0.5) is 13.2 Å². The van der Waals surface area contributed by atoms with E-state index in [1.165, 1.54) is 0 Å². The smallest absolute Gasteiger partial charge is 0.330 e. The van der Waals surface area contributed by atoms with E-state index in [0.29, 0.717) is 11.3 Å². The molecular weight excluding hydrogens is 249 g/mol. The number of hydrogen-bond acceptors (Lipinski definition) is 3. The van der Waals surface area contributed by atoms with Crippen LogP contribution in [0.25, 0.3) is 5.65 Å². The van der Waals surface area contributed by atoms with E-state index in [1.807, 2.05) is 5.10 Å². The van der Waals surface area contributed by atoms with Crippen LogP contribution in [0.1, 0.15) is 17.0 Å². The maximum absolute atomic E-state index is 12.5. The number of aryl methyl sites for hydroxylation is 1. The van der Waals surface area contributed by atoms with Crippen LogP contribution in [-0.2, 0) is 12.6 Å². The van der Waals surface area contributed by atoms with Gasteiger partial charge in [-0.25, -0.2) is 9.50 Å². The molecule has 0 spiro atoms. The van der Waals surface area contributed by atoms with Crippen LogP contribution in [-0.4, -0.2) is 21.1 Å². The van der Waals surface area contributed by atoms with Gasteiger partial charge in [0.1, 0.15) is 5.69 Å². The first kappa shape index (κ1) is 12.6. The van der Waals surface area contributed by atoms with Gasteiger partial charge in [-0.2, -0.15) is 13.2 Å². The molecule has 2 rings (SSSR count). The zero-order valence-electron chi connectivity index (χ0n) is 9.51. The van der Waals surface area contributed by atoms with Crippen molar-refractivity contribution in [3.05, 3.63) is 33.4 Å². The van der Waals surface area contributed by atoms with Crippen molar-refractivity contribution in [2.45, 2.75) is 19.5 Å². The highest BCUT2D eigenvalue weighted by Gasteiger charge is 2.33. The van der Waals surface area contributed by atoms with Gasteiger partial charge >= 0.3 is 6.18 Å². The second-order valence-electron chi connectivity index (χ2n) is 3.88. The Hall–Kier alpha value is -1.83. The summed E-state index contributed by atoms with van der Waals surface area (Å²) in [6.45, 7) is 1.81. The Balaban J connectivity index is 2.71. The maximum Gasteiger partial charge on any atom is 0.432 e. The van der Waals surface area contributed by atoms with Crippen molar-refractivity contribution in [1.82, 2.24) is 14.6 Å². The van der Waals surface area contributed by atoms with Crippen molar-refractivity contribution in [1.29, 1.82) is 0 Å². The summed E-state index contributed by atoms with van der Waals surface area (Å²) in [5.74, 6) is 0. The van der Waals surface area contributed by atoms with E-state index in [9.17, 15) is 18.0 Å². The lowest BCUT2D eigenvalue weighted by atomic mass is 10.2. The Bertz CT molecular complexity index is 641. The summed E-state index contributed by atoms with van der Waals surface area (Å²) >= 11 is 0. The molecule has 98 valence electrons. The number of H-pyrrole nitrogens is 1. The number of hydrogen-bond donors (Lipinski definition) is 2. The number of nitrogens with two attached hydrogens (primary N) is 1. The Kier molecular flexibility index (Phi) is 2.89. The van der Waals surface area contributed by atoms with Crippen molar-refractivity contribution in [3.8, 4) is 0 Å². The summed E-state index contributed by atoms with van der Waals surface area (Å²) in [5.41, 5.74) is 4.48. The molecule has 0 unspecified atom stereocenters. The first-order chi connectivity index (χ1) is 8.34. The zero-order chi connectivity index (χ0) is 13.5. The minimum absolute atomic E-state index is 0.0504. The fourth-order valence-corrected chi connectivity index (χ4v) is 1.75. The monoisotopic (exact) mass is 260 g/mol. The van der Waals surface area contributed by atoms with E-state index in [2.05, 4.69) is 4.98 Å². The minimum atomic E-state index is -4.54. The molecule has 0 saturated carbocycles. The predicted molar refractivity (Wildman–Crippen MR) is 58.3 cm³/mol. The van der Waals surface area contributed by atoms with Gasteiger partial charge in [0.2, 0.25) is 0 Å². The van der Waals surface area contributed by atoms with Crippen LogP contribution in [0.15, 0.2) is 10.9 Å². The lowest BCUT2D eigenvalue weighted by molar-refractivity contribution is -0.141. The third-order valence-electron chi connectivity index (χ3n) is 2.61. The Morgan fingerprint density at radius 1 is 1.50 bits per heavy atom. The first-order valence-corrected chi connectivity index (χ1v) is 5.23. The fraction of sp³-hybridized carbons (Fsp3) is 0.400. The van der Waals surface area contributed by atoms with Gasteiger partial charge in [0.15, 0.2) is 5.65 Å². The van der Waals surface area contributed by atoms with Gasteiger partial charge in [0, 0.05) is 17.3 Å². The van der Waals surface area contributed by atoms with Crippen molar-refractivity contribution >= 4 is 5.65 Å².